The lowest BCUT2D eigenvalue weighted by Gasteiger charge is -2.20. The van der Waals surface area contributed by atoms with Crippen LogP contribution in [-0.2, 0) is 19.1 Å². The van der Waals surface area contributed by atoms with Gasteiger partial charge in [0.2, 0.25) is 0 Å². The molecule has 180 valence electrons. The number of hydrogen-bond acceptors (Lipinski definition) is 9. The first-order valence-corrected chi connectivity index (χ1v) is 16.5. The summed E-state index contributed by atoms with van der Waals surface area (Å²) in [5.74, 6) is 2.35. The first kappa shape index (κ1) is 27.5. The molecule has 0 aromatic rings. The van der Waals surface area contributed by atoms with Crippen LogP contribution >= 0.6 is 43.2 Å². The highest BCUT2D eigenvalue weighted by atomic mass is 33.1. The highest BCUT2D eigenvalue weighted by Gasteiger charge is 2.17. The van der Waals surface area contributed by atoms with Gasteiger partial charge in [0.1, 0.15) is 13.2 Å². The number of carbonyl (C=O) groups excluding carboxylic acids is 2. The normalized spacial score (nSPS) is 21.0. The SMILES string of the molecule is CCN(CCOC(=O)CCCCC1CCSS1)CCOC(=O)CCCCC1CCSS1. The van der Waals surface area contributed by atoms with Crippen molar-refractivity contribution in [3.63, 3.8) is 0 Å². The summed E-state index contributed by atoms with van der Waals surface area (Å²) in [5.41, 5.74) is 0. The predicted molar refractivity (Wildman–Crippen MR) is 138 cm³/mol. The number of likely N-dealkylation sites (N-methyl/N-ethyl adjacent to an activating group) is 1. The van der Waals surface area contributed by atoms with Crippen LogP contribution in [0, 0.1) is 0 Å². The first-order valence-electron chi connectivity index (χ1n) is 11.8. The van der Waals surface area contributed by atoms with Gasteiger partial charge < -0.3 is 9.47 Å². The zero-order valence-corrected chi connectivity index (χ0v) is 22.2. The Hall–Kier alpha value is 0.300. The van der Waals surface area contributed by atoms with Gasteiger partial charge in [-0.3, -0.25) is 14.5 Å². The molecule has 9 heteroatoms. The standard InChI is InChI=1S/C22H39NO4S4/c1-2-23(13-15-26-21(24)9-5-3-7-19-11-17-28-30-19)14-16-27-22(25)10-6-4-8-20-12-18-29-31-20/h19-20H,2-18H2,1H3. The van der Waals surface area contributed by atoms with Crippen LogP contribution in [0.1, 0.15) is 71.1 Å². The molecule has 2 unspecified atom stereocenters. The lowest BCUT2D eigenvalue weighted by molar-refractivity contribution is -0.144. The van der Waals surface area contributed by atoms with E-state index < -0.39 is 0 Å². The number of esters is 2. The first-order chi connectivity index (χ1) is 15.2. The minimum Gasteiger partial charge on any atom is -0.464 e. The van der Waals surface area contributed by atoms with Gasteiger partial charge in [-0.1, -0.05) is 62.9 Å². The smallest absolute Gasteiger partial charge is 0.305 e. The molecule has 0 radical (unpaired) electrons. The van der Waals surface area contributed by atoms with Crippen LogP contribution in [0.3, 0.4) is 0 Å². The topological polar surface area (TPSA) is 55.8 Å². The Labute approximate surface area is 204 Å². The predicted octanol–water partition coefficient (Wildman–Crippen LogP) is 5.82. The van der Waals surface area contributed by atoms with E-state index in [1.807, 2.05) is 43.2 Å². The van der Waals surface area contributed by atoms with Gasteiger partial charge in [0.15, 0.2) is 0 Å². The van der Waals surface area contributed by atoms with E-state index in [9.17, 15) is 9.59 Å². The van der Waals surface area contributed by atoms with E-state index >= 15 is 0 Å². The second-order valence-electron chi connectivity index (χ2n) is 8.02. The minimum atomic E-state index is -0.0921. The molecule has 0 aliphatic carbocycles. The van der Waals surface area contributed by atoms with Crippen molar-refractivity contribution in [1.82, 2.24) is 4.90 Å². The fraction of sp³-hybridized carbons (Fsp3) is 0.909. The fourth-order valence-electron chi connectivity index (χ4n) is 3.56. The molecule has 0 amide bonds. The molecule has 0 saturated carbocycles. The largest absolute Gasteiger partial charge is 0.464 e. The van der Waals surface area contributed by atoms with Crippen LogP contribution in [0.2, 0.25) is 0 Å². The van der Waals surface area contributed by atoms with E-state index in [1.165, 1.54) is 37.2 Å². The van der Waals surface area contributed by atoms with Gasteiger partial charge in [-0.15, -0.1) is 0 Å². The third-order valence-corrected chi connectivity index (χ3v) is 11.6. The summed E-state index contributed by atoms with van der Waals surface area (Å²) in [7, 11) is 7.94. The van der Waals surface area contributed by atoms with E-state index in [0.717, 1.165) is 42.7 Å². The molecule has 0 aromatic heterocycles. The second kappa shape index (κ2) is 17.7. The lowest BCUT2D eigenvalue weighted by Crippen LogP contribution is -2.32. The van der Waals surface area contributed by atoms with Gasteiger partial charge in [0.25, 0.3) is 0 Å². The third-order valence-electron chi connectivity index (χ3n) is 5.56. The van der Waals surface area contributed by atoms with Crippen LogP contribution < -0.4 is 0 Å². The van der Waals surface area contributed by atoms with Crippen LogP contribution in [0.15, 0.2) is 0 Å². The van der Waals surface area contributed by atoms with Crippen molar-refractivity contribution in [2.45, 2.75) is 81.6 Å². The molecular weight excluding hydrogens is 471 g/mol. The second-order valence-corrected chi connectivity index (χ2v) is 13.6. The molecule has 5 nitrogen and oxygen atoms in total. The summed E-state index contributed by atoms with van der Waals surface area (Å²) in [5, 5.41) is 1.56. The molecule has 0 bridgehead atoms. The van der Waals surface area contributed by atoms with Gasteiger partial charge in [0, 0.05) is 47.9 Å². The molecule has 0 N–H and O–H groups in total. The van der Waals surface area contributed by atoms with Crippen molar-refractivity contribution in [2.75, 3.05) is 44.4 Å². The number of ether oxygens (including phenoxy) is 2. The van der Waals surface area contributed by atoms with Crippen molar-refractivity contribution in [3.05, 3.63) is 0 Å². The molecule has 2 rings (SSSR count). The van der Waals surface area contributed by atoms with Crippen molar-refractivity contribution < 1.29 is 19.1 Å². The average molecular weight is 510 g/mol. The zero-order valence-electron chi connectivity index (χ0n) is 18.9. The van der Waals surface area contributed by atoms with Crippen molar-refractivity contribution >= 4 is 55.1 Å². The minimum absolute atomic E-state index is 0.0921. The fourth-order valence-corrected chi connectivity index (χ4v) is 9.62. The Morgan fingerprint density at radius 3 is 1.68 bits per heavy atom. The van der Waals surface area contributed by atoms with Gasteiger partial charge in [-0.2, -0.15) is 0 Å². The van der Waals surface area contributed by atoms with E-state index in [-0.39, 0.29) is 11.9 Å². The maximum atomic E-state index is 11.9. The zero-order chi connectivity index (χ0) is 22.2. The molecule has 2 aliphatic rings. The number of unbranched alkanes of at least 4 members (excludes halogenated alkanes) is 2. The van der Waals surface area contributed by atoms with Gasteiger partial charge in [-0.25, -0.2) is 0 Å². The highest BCUT2D eigenvalue weighted by Crippen LogP contribution is 2.40. The molecule has 2 aliphatic heterocycles. The molecule has 0 aromatic carbocycles. The summed E-state index contributed by atoms with van der Waals surface area (Å²) in [6, 6.07) is 0. The van der Waals surface area contributed by atoms with Crippen LogP contribution in [-0.4, -0.2) is 71.7 Å². The Kier molecular flexibility index (Phi) is 15.8. The highest BCUT2D eigenvalue weighted by molar-refractivity contribution is 8.77. The van der Waals surface area contributed by atoms with Crippen LogP contribution in [0.25, 0.3) is 0 Å². The van der Waals surface area contributed by atoms with E-state index in [4.69, 9.17) is 9.47 Å². The maximum Gasteiger partial charge on any atom is 0.305 e. The number of rotatable bonds is 17. The van der Waals surface area contributed by atoms with Crippen LogP contribution in [0.5, 0.6) is 0 Å². The van der Waals surface area contributed by atoms with Crippen molar-refractivity contribution in [1.29, 1.82) is 0 Å². The number of carbonyl (C=O) groups is 2. The number of nitrogens with zero attached hydrogens (tertiary/aromatic N) is 1. The monoisotopic (exact) mass is 509 g/mol. The number of hydrogen-bond donors (Lipinski definition) is 0. The van der Waals surface area contributed by atoms with E-state index in [2.05, 4.69) is 11.8 Å². The Balaban J connectivity index is 1.40. The average Bonchev–Trinajstić information content (AvgIpc) is 3.47. The maximum absolute atomic E-state index is 11.9. The van der Waals surface area contributed by atoms with Crippen LogP contribution in [0.4, 0.5) is 0 Å². The van der Waals surface area contributed by atoms with Crippen molar-refractivity contribution in [2.24, 2.45) is 0 Å². The van der Waals surface area contributed by atoms with E-state index in [1.54, 1.807) is 0 Å². The Morgan fingerprint density at radius 2 is 1.29 bits per heavy atom. The molecule has 0 spiro atoms. The Bertz CT molecular complexity index is 458. The van der Waals surface area contributed by atoms with Gasteiger partial charge in [-0.05, 0) is 45.1 Å². The summed E-state index contributed by atoms with van der Waals surface area (Å²) in [4.78, 5) is 26.0. The van der Waals surface area contributed by atoms with E-state index in [0.29, 0.717) is 39.1 Å². The molecular formula is C22H39NO4S4. The van der Waals surface area contributed by atoms with Crippen molar-refractivity contribution in [3.8, 4) is 0 Å². The summed E-state index contributed by atoms with van der Waals surface area (Å²) in [6.45, 7) is 5.12. The molecule has 2 heterocycles. The quantitative estimate of drug-likeness (QED) is 0.137. The lowest BCUT2D eigenvalue weighted by atomic mass is 10.1. The molecule has 31 heavy (non-hydrogen) atoms. The summed E-state index contributed by atoms with van der Waals surface area (Å²) in [6.07, 6.45) is 10.1. The Morgan fingerprint density at radius 1 is 0.806 bits per heavy atom. The molecule has 2 saturated heterocycles. The molecule has 2 atom stereocenters. The van der Waals surface area contributed by atoms with Gasteiger partial charge >= 0.3 is 11.9 Å². The third kappa shape index (κ3) is 13.6. The van der Waals surface area contributed by atoms with Gasteiger partial charge in [0.05, 0.1) is 0 Å². The summed E-state index contributed by atoms with van der Waals surface area (Å²) < 4.78 is 10.8. The summed E-state index contributed by atoms with van der Waals surface area (Å²) >= 11 is 0. The molecule has 2 fully saturated rings.